The number of unbranched alkanes of at least 4 members (excludes halogenated alkanes) is 22. The highest BCUT2D eigenvalue weighted by atomic mass is 16.7. The lowest BCUT2D eigenvalue weighted by Gasteiger charge is -2.42. The van der Waals surface area contributed by atoms with Crippen LogP contribution < -0.4 is 0 Å². The first kappa shape index (κ1) is 72.3. The number of aliphatic hydroxyl groups excluding tert-OH is 7. The van der Waals surface area contributed by atoms with Crippen LogP contribution in [0.5, 0.6) is 0 Å². The van der Waals surface area contributed by atoms with Crippen LogP contribution >= 0.6 is 0 Å². The van der Waals surface area contributed by atoms with Gasteiger partial charge in [0.05, 0.1) is 26.4 Å². The molecule has 0 amide bonds. The van der Waals surface area contributed by atoms with Crippen LogP contribution in [0.4, 0.5) is 0 Å². The molecule has 11 atom stereocenters. The lowest BCUT2D eigenvalue weighted by atomic mass is 9.98. The fraction of sp³-hybridized carbons (Fsp3) is 0.769. The summed E-state index contributed by atoms with van der Waals surface area (Å²) in [6.07, 6.45) is 50.7. The van der Waals surface area contributed by atoms with Gasteiger partial charge in [-0.3, -0.25) is 4.79 Å². The highest BCUT2D eigenvalue weighted by Gasteiger charge is 2.47. The summed E-state index contributed by atoms with van der Waals surface area (Å²) in [6, 6.07) is 0. The van der Waals surface area contributed by atoms with E-state index in [1.807, 2.05) is 0 Å². The number of esters is 1. The number of allylic oxidation sites excluding steroid dienone is 14. The molecule has 0 spiro atoms. The van der Waals surface area contributed by atoms with Crippen LogP contribution in [0.1, 0.15) is 219 Å². The minimum absolute atomic E-state index is 0.0460. The summed E-state index contributed by atoms with van der Waals surface area (Å²) in [7, 11) is 0. The molecule has 0 saturated carbocycles. The van der Waals surface area contributed by atoms with Crippen molar-refractivity contribution < 1.29 is 69.0 Å². The molecule has 7 N–H and O–H groups in total. The molecule has 0 radical (unpaired) electrons. The van der Waals surface area contributed by atoms with E-state index in [4.69, 9.17) is 28.4 Å². The van der Waals surface area contributed by atoms with Crippen LogP contribution in [0.25, 0.3) is 0 Å². The number of aliphatic hydroxyl groups is 7. The van der Waals surface area contributed by atoms with Gasteiger partial charge in [0.1, 0.15) is 54.9 Å². The molecule has 2 saturated heterocycles. The molecule has 14 heteroatoms. The molecule has 2 heterocycles. The second-order valence-corrected chi connectivity index (χ2v) is 21.5. The summed E-state index contributed by atoms with van der Waals surface area (Å²) >= 11 is 0. The predicted molar refractivity (Wildman–Crippen MR) is 316 cm³/mol. The Bertz CT molecular complexity index is 1630. The molecule has 2 fully saturated rings. The lowest BCUT2D eigenvalue weighted by Crippen LogP contribution is -2.61. The average Bonchev–Trinajstić information content (AvgIpc) is 3.46. The maximum Gasteiger partial charge on any atom is 0.306 e. The van der Waals surface area contributed by atoms with E-state index in [0.717, 1.165) is 83.5 Å². The zero-order chi connectivity index (χ0) is 57.2. The Morgan fingerprint density at radius 2 is 0.823 bits per heavy atom. The van der Waals surface area contributed by atoms with Crippen LogP contribution in [0, 0.1) is 0 Å². The second-order valence-electron chi connectivity index (χ2n) is 21.5. The summed E-state index contributed by atoms with van der Waals surface area (Å²) in [5.74, 6) is -0.401. The summed E-state index contributed by atoms with van der Waals surface area (Å²) in [5, 5.41) is 72.5. The van der Waals surface area contributed by atoms with Crippen molar-refractivity contribution in [3.05, 3.63) is 85.1 Å². The van der Waals surface area contributed by atoms with E-state index in [1.165, 1.54) is 109 Å². The van der Waals surface area contributed by atoms with E-state index >= 15 is 0 Å². The minimum atomic E-state index is -1.72. The molecule has 2 rings (SSSR count). The Labute approximate surface area is 478 Å². The molecule has 0 aliphatic carbocycles. The Hall–Kier alpha value is -2.83. The van der Waals surface area contributed by atoms with Gasteiger partial charge in [0.25, 0.3) is 0 Å². The number of rotatable bonds is 50. The minimum Gasteiger partial charge on any atom is -0.457 e. The van der Waals surface area contributed by atoms with Gasteiger partial charge >= 0.3 is 5.97 Å². The van der Waals surface area contributed by atoms with Crippen LogP contribution in [0.3, 0.4) is 0 Å². The van der Waals surface area contributed by atoms with Crippen molar-refractivity contribution >= 4 is 5.97 Å². The van der Waals surface area contributed by atoms with Crippen molar-refractivity contribution in [3.8, 4) is 0 Å². The fourth-order valence-electron chi connectivity index (χ4n) is 9.40. The van der Waals surface area contributed by atoms with Gasteiger partial charge in [0.15, 0.2) is 12.6 Å². The normalized spacial score (nSPS) is 24.6. The van der Waals surface area contributed by atoms with Gasteiger partial charge in [-0.15, -0.1) is 0 Å². The van der Waals surface area contributed by atoms with Crippen molar-refractivity contribution in [2.24, 2.45) is 0 Å². The number of carbonyl (C=O) groups excluding carboxylic acids is 1. The molecule has 11 unspecified atom stereocenters. The second kappa shape index (κ2) is 50.9. The number of ether oxygens (including phenoxy) is 6. The molecule has 79 heavy (non-hydrogen) atoms. The highest BCUT2D eigenvalue weighted by Crippen LogP contribution is 2.27. The van der Waals surface area contributed by atoms with Gasteiger partial charge in [0.2, 0.25) is 0 Å². The molecule has 2 aliphatic rings. The first-order valence-corrected chi connectivity index (χ1v) is 31.2. The van der Waals surface area contributed by atoms with Crippen LogP contribution in [-0.2, 0) is 33.2 Å². The molecular formula is C65H112O14. The molecular weight excluding hydrogens is 1000 g/mol. The van der Waals surface area contributed by atoms with Crippen LogP contribution in [0.15, 0.2) is 85.1 Å². The monoisotopic (exact) mass is 1120 g/mol. The molecule has 0 aromatic heterocycles. The maximum absolute atomic E-state index is 13.1. The largest absolute Gasteiger partial charge is 0.457 e. The van der Waals surface area contributed by atoms with Crippen LogP contribution in [-0.4, -0.2) is 142 Å². The standard InChI is InChI=1S/C65H112O14/c1-3-5-7-9-11-13-15-17-19-21-23-25-27-28-30-32-34-36-38-40-42-44-46-48-57(67)77-54(51-74-49-47-45-43-41-39-37-35-33-31-29-26-24-22-20-18-16-14-12-10-8-6-4-2)52-75-64-63(73)61(71)59(69)56(79-64)53-76-65-62(72)60(70)58(68)55(50-66)78-65/h5,7,11,13,17,19,22-25,28,30,34,36,54-56,58-66,68-73H,3-4,6,8-10,12,14-16,18,20-21,26-27,29,31-33,35,37-53H2,1-2H3/b7-5-,13-11-,19-17-,24-22-,25-23-,30-28-,36-34-. The lowest BCUT2D eigenvalue weighted by molar-refractivity contribution is -0.332. The van der Waals surface area contributed by atoms with Crippen LogP contribution in [0.2, 0.25) is 0 Å². The zero-order valence-corrected chi connectivity index (χ0v) is 49.1. The molecule has 456 valence electrons. The summed E-state index contributed by atoms with van der Waals surface area (Å²) in [6.45, 7) is 3.55. The third kappa shape index (κ3) is 37.1. The van der Waals surface area contributed by atoms with E-state index in [1.54, 1.807) is 0 Å². The van der Waals surface area contributed by atoms with Gasteiger partial charge in [-0.1, -0.05) is 208 Å². The molecule has 0 bridgehead atoms. The van der Waals surface area contributed by atoms with E-state index < -0.39 is 86.7 Å². The molecule has 2 aliphatic heterocycles. The molecule has 0 aromatic carbocycles. The topological polar surface area (TPSA) is 214 Å². The average molecular weight is 1120 g/mol. The van der Waals surface area contributed by atoms with Crippen molar-refractivity contribution in [1.82, 2.24) is 0 Å². The maximum atomic E-state index is 13.1. The smallest absolute Gasteiger partial charge is 0.306 e. The Morgan fingerprint density at radius 3 is 1.30 bits per heavy atom. The Kier molecular flexibility index (Phi) is 46.5. The van der Waals surface area contributed by atoms with Crippen molar-refractivity contribution in [2.45, 2.75) is 287 Å². The Morgan fingerprint density at radius 1 is 0.430 bits per heavy atom. The fourth-order valence-corrected chi connectivity index (χ4v) is 9.40. The van der Waals surface area contributed by atoms with Gasteiger partial charge in [-0.05, 0) is 89.9 Å². The zero-order valence-electron chi connectivity index (χ0n) is 49.1. The van der Waals surface area contributed by atoms with Crippen molar-refractivity contribution in [3.63, 3.8) is 0 Å². The van der Waals surface area contributed by atoms with Gasteiger partial charge in [0, 0.05) is 13.0 Å². The van der Waals surface area contributed by atoms with Gasteiger partial charge < -0.3 is 64.2 Å². The van der Waals surface area contributed by atoms with E-state index in [0.29, 0.717) is 13.0 Å². The Balaban J connectivity index is 1.71. The first-order chi connectivity index (χ1) is 38.6. The van der Waals surface area contributed by atoms with E-state index in [-0.39, 0.29) is 19.6 Å². The van der Waals surface area contributed by atoms with E-state index in [9.17, 15) is 40.5 Å². The van der Waals surface area contributed by atoms with Gasteiger partial charge in [-0.2, -0.15) is 0 Å². The molecule has 0 aromatic rings. The number of hydrogen-bond donors (Lipinski definition) is 7. The van der Waals surface area contributed by atoms with Gasteiger partial charge in [-0.25, -0.2) is 0 Å². The number of carbonyl (C=O) groups is 1. The quantitative estimate of drug-likeness (QED) is 0.0172. The molecule has 14 nitrogen and oxygen atoms in total. The summed E-state index contributed by atoms with van der Waals surface area (Å²) in [5.41, 5.74) is 0. The third-order valence-corrected chi connectivity index (χ3v) is 14.4. The highest BCUT2D eigenvalue weighted by molar-refractivity contribution is 5.69. The first-order valence-electron chi connectivity index (χ1n) is 31.2. The van der Waals surface area contributed by atoms with Crippen molar-refractivity contribution in [2.75, 3.05) is 33.0 Å². The van der Waals surface area contributed by atoms with E-state index in [2.05, 4.69) is 98.9 Å². The summed E-state index contributed by atoms with van der Waals surface area (Å²) < 4.78 is 34.4. The van der Waals surface area contributed by atoms with Crippen molar-refractivity contribution in [1.29, 1.82) is 0 Å². The third-order valence-electron chi connectivity index (χ3n) is 14.4. The number of hydrogen-bond acceptors (Lipinski definition) is 14. The SMILES string of the molecule is CC/C=C\C/C=C\C/C=C\C/C=C\C/C=C\C/C=C\CCCCCCC(=O)OC(COCCCCCCCCCCCC/C=C\CCCCCCCCCC)COC1OC(COC2OC(CO)C(O)C(O)C2O)C(O)C(O)C1O. The summed E-state index contributed by atoms with van der Waals surface area (Å²) in [4.78, 5) is 13.1. The predicted octanol–water partition coefficient (Wildman–Crippen LogP) is 12.0.